The minimum atomic E-state index is -0.0171. The first kappa shape index (κ1) is 76.7. The number of carbonyl (C=O) groups is 4. The topological polar surface area (TPSA) is 234 Å². The van der Waals surface area contributed by atoms with E-state index >= 15 is 0 Å². The maximum absolute atomic E-state index is 13.6. The zero-order valence-corrected chi connectivity index (χ0v) is 66.2. The van der Waals surface area contributed by atoms with Gasteiger partial charge in [0.05, 0.1) is 41.8 Å². The second-order valence-corrected chi connectivity index (χ2v) is 32.2. The Balaban J connectivity index is 0.000000112. The van der Waals surface area contributed by atoms with Crippen molar-refractivity contribution < 1.29 is 38.1 Å². The number of likely N-dealkylation sites (tertiary alicyclic amines) is 4. The molecule has 8 fully saturated rings. The van der Waals surface area contributed by atoms with Crippen LogP contribution in [0.2, 0.25) is 0 Å². The van der Waals surface area contributed by atoms with Crippen molar-refractivity contribution >= 4 is 23.6 Å². The monoisotopic (exact) mass is 1560 g/mol. The minimum Gasteiger partial charge on any atom is -0.472 e. The Labute approximate surface area is 681 Å². The van der Waals surface area contributed by atoms with Crippen molar-refractivity contribution in [2.75, 3.05) is 26.2 Å². The van der Waals surface area contributed by atoms with E-state index in [4.69, 9.17) is 18.9 Å². The molecular formula is C96H93N13O8. The predicted octanol–water partition coefficient (Wildman–Crippen LogP) is 16.2. The summed E-state index contributed by atoms with van der Waals surface area (Å²) < 4.78 is 24.7. The number of piperidine rings is 4. The first-order valence-corrected chi connectivity index (χ1v) is 40.6. The smallest absolute Gasteiger partial charge is 0.254 e. The lowest BCUT2D eigenvalue weighted by atomic mass is 9.98. The zero-order valence-electron chi connectivity index (χ0n) is 66.2. The molecule has 21 heteroatoms. The third kappa shape index (κ3) is 16.8. The van der Waals surface area contributed by atoms with Gasteiger partial charge in [-0.05, 0) is 203 Å². The molecule has 4 saturated heterocycles. The molecule has 8 aliphatic rings. The Morgan fingerprint density at radius 2 is 0.650 bits per heavy atom. The van der Waals surface area contributed by atoms with Crippen LogP contribution in [0.25, 0.3) is 44.8 Å². The number of amides is 4. The molecule has 12 heterocycles. The maximum atomic E-state index is 13.6. The molecular weight excluding hydrogens is 1460 g/mol. The van der Waals surface area contributed by atoms with E-state index in [9.17, 15) is 19.2 Å². The van der Waals surface area contributed by atoms with Crippen LogP contribution in [-0.4, -0.2) is 163 Å². The molecule has 4 saturated carbocycles. The van der Waals surface area contributed by atoms with Crippen molar-refractivity contribution in [3.8, 4) is 68.3 Å². The summed E-state index contributed by atoms with van der Waals surface area (Å²) in [5.74, 6) is 4.72. The molecule has 4 aromatic carbocycles. The Morgan fingerprint density at radius 3 is 1.01 bits per heavy atom. The Hall–Kier alpha value is -12.9. The second kappa shape index (κ2) is 34.3. The molecule has 12 unspecified atom stereocenters. The van der Waals surface area contributed by atoms with E-state index in [-0.39, 0.29) is 72.2 Å². The standard InChI is InChI=1S/C25H25N3O2.2C24H23N3O2.C23H22N4O2/c1-16-9-10-23(27-14-16)30-22-13-18-12-21(22)28(15-18)25(29)20-8-4-3-7-19(20)24-17(2)6-5-11-26-24;1-16-8-9-23(26-13-16)29-22-12-17-11-21(22)27(15-17)24(28)20-7-3-2-6-19(20)18-5-4-10-25-14-18;1-16-6-7-23(26-14-16)29-22-13-17-12-21(22)27(15-17)24(28)20-5-3-2-4-19(20)18-8-10-25-11-9-18;1-15-6-7-22(26-12-15)29-21-11-16-10-20(21)27(14-16)23(28)18-5-3-2-4-17(18)19-13-24-8-9-25-19/h3-11,14,18,21-22H,12-13,15H2,1-2H3;2-10,13-14,17,21-22H,11-12,15H2,1H3;2-11,14,17,21-22H,12-13,15H2,1H3;2-9,12-13,16,20-21H,10-11,14H2,1H3. The van der Waals surface area contributed by atoms with Crippen molar-refractivity contribution in [3.05, 3.63) is 306 Å². The molecule has 117 heavy (non-hydrogen) atoms. The van der Waals surface area contributed by atoms with Gasteiger partial charge in [-0.2, -0.15) is 0 Å². The largest absolute Gasteiger partial charge is 0.472 e. The number of ether oxygens (including phenoxy) is 4. The molecule has 12 aromatic rings. The summed E-state index contributed by atoms with van der Waals surface area (Å²) in [5.41, 5.74) is 15.4. The highest BCUT2D eigenvalue weighted by atomic mass is 16.5. The van der Waals surface area contributed by atoms with E-state index in [0.29, 0.717) is 64.0 Å². The number of benzene rings is 4. The fraction of sp³-hybridized carbons (Fsp3) is 0.302. The number of aromatic nitrogens is 9. The molecule has 0 N–H and O–H groups in total. The highest BCUT2D eigenvalue weighted by molar-refractivity contribution is 6.04. The lowest BCUT2D eigenvalue weighted by molar-refractivity contribution is 0.0464. The number of nitrogens with zero attached hydrogens (tertiary/aromatic N) is 13. The molecule has 21 nitrogen and oxygen atoms in total. The molecule has 0 spiro atoms. The van der Waals surface area contributed by atoms with E-state index in [2.05, 4.69) is 44.9 Å². The van der Waals surface area contributed by atoms with Crippen LogP contribution in [0.3, 0.4) is 0 Å². The van der Waals surface area contributed by atoms with Gasteiger partial charge in [-0.3, -0.25) is 44.1 Å². The average Bonchev–Trinajstić information content (AvgIpc) is 1.64. The first-order chi connectivity index (χ1) is 57.2. The second-order valence-electron chi connectivity index (χ2n) is 32.2. The van der Waals surface area contributed by atoms with Crippen LogP contribution < -0.4 is 18.9 Å². The number of aryl methyl sites for hydroxylation is 5. The van der Waals surface area contributed by atoms with Gasteiger partial charge in [0.25, 0.3) is 23.6 Å². The van der Waals surface area contributed by atoms with Crippen LogP contribution >= 0.6 is 0 Å². The Bertz CT molecular complexity index is 5100. The highest BCUT2D eigenvalue weighted by Crippen LogP contribution is 2.46. The van der Waals surface area contributed by atoms with Gasteiger partial charge in [-0.1, -0.05) is 109 Å². The lowest BCUT2D eigenvalue weighted by Crippen LogP contribution is -2.47. The Morgan fingerprint density at radius 1 is 0.291 bits per heavy atom. The zero-order chi connectivity index (χ0) is 80.0. The molecule has 4 amide bonds. The molecule has 12 atom stereocenters. The van der Waals surface area contributed by atoms with Gasteiger partial charge < -0.3 is 38.5 Å². The summed E-state index contributed by atoms with van der Waals surface area (Å²) in [5, 5.41) is 0. The van der Waals surface area contributed by atoms with E-state index in [0.717, 1.165) is 156 Å². The minimum absolute atomic E-state index is 0.000920. The van der Waals surface area contributed by atoms with Crippen molar-refractivity contribution in [1.29, 1.82) is 0 Å². The molecule has 590 valence electrons. The fourth-order valence-corrected chi connectivity index (χ4v) is 18.5. The number of hydrogen-bond donors (Lipinski definition) is 0. The fourth-order valence-electron chi connectivity index (χ4n) is 18.5. The third-order valence-electron chi connectivity index (χ3n) is 24.1. The van der Waals surface area contributed by atoms with Crippen LogP contribution in [0.5, 0.6) is 23.5 Å². The molecule has 0 radical (unpaired) electrons. The quantitative estimate of drug-likeness (QED) is 0.0874. The summed E-state index contributed by atoms with van der Waals surface area (Å²) in [7, 11) is 0. The van der Waals surface area contributed by atoms with Gasteiger partial charge in [-0.25, -0.2) is 19.9 Å². The van der Waals surface area contributed by atoms with Gasteiger partial charge in [-0.15, -0.1) is 0 Å². The number of carbonyl (C=O) groups excluding carboxylic acids is 4. The van der Waals surface area contributed by atoms with E-state index in [1.165, 1.54) is 0 Å². The Kier molecular flexibility index (Phi) is 22.5. The normalized spacial score (nSPS) is 22.6. The van der Waals surface area contributed by atoms with Crippen molar-refractivity contribution in [2.45, 2.75) is 135 Å². The number of fused-ring (bicyclic) bond motifs is 8. The summed E-state index contributed by atoms with van der Waals surface area (Å²) in [6.07, 6.45) is 28.9. The van der Waals surface area contributed by atoms with Gasteiger partial charge in [0, 0.05) is 158 Å². The SMILES string of the molecule is Cc1ccc(OC2CC3CC2N(C(=O)c2ccccc2-c2cccnc2)C3)nc1.Cc1ccc(OC2CC3CC2N(C(=O)c2ccccc2-c2ccncc2)C3)nc1.Cc1ccc(OC2CC3CC2N(C(=O)c2ccccc2-c2cnccn2)C3)nc1.Cc1ccc(OC2CC3CC2N(C(=O)c2ccccc2-c2ncccc2C)C3)nc1. The summed E-state index contributed by atoms with van der Waals surface area (Å²) in [6.45, 7) is 13.2. The first-order valence-electron chi connectivity index (χ1n) is 40.6. The molecule has 8 aromatic heterocycles. The van der Waals surface area contributed by atoms with E-state index in [1.807, 2.05) is 261 Å². The van der Waals surface area contributed by atoms with Crippen LogP contribution in [0.4, 0.5) is 0 Å². The molecule has 20 rings (SSSR count). The van der Waals surface area contributed by atoms with Crippen LogP contribution in [-0.2, 0) is 0 Å². The summed E-state index contributed by atoms with van der Waals surface area (Å²) >= 11 is 0. The highest BCUT2D eigenvalue weighted by Gasteiger charge is 2.53. The van der Waals surface area contributed by atoms with E-state index < -0.39 is 0 Å². The van der Waals surface area contributed by atoms with Crippen LogP contribution in [0, 0.1) is 58.3 Å². The third-order valence-corrected chi connectivity index (χ3v) is 24.1. The molecule has 8 bridgehead atoms. The van der Waals surface area contributed by atoms with Crippen LogP contribution in [0.1, 0.15) is 121 Å². The summed E-state index contributed by atoms with van der Waals surface area (Å²) in [6, 6.07) is 58.7. The van der Waals surface area contributed by atoms with Crippen LogP contribution in [0.15, 0.2) is 256 Å². The van der Waals surface area contributed by atoms with Crippen molar-refractivity contribution in [2.24, 2.45) is 23.7 Å². The molecule has 4 aliphatic carbocycles. The maximum Gasteiger partial charge on any atom is 0.254 e. The number of hydrogen-bond acceptors (Lipinski definition) is 17. The average molecular weight is 1560 g/mol. The van der Waals surface area contributed by atoms with Gasteiger partial charge in [0.1, 0.15) is 24.4 Å². The lowest BCUT2D eigenvalue weighted by Gasteiger charge is -2.33. The van der Waals surface area contributed by atoms with Gasteiger partial charge >= 0.3 is 0 Å². The summed E-state index contributed by atoms with van der Waals surface area (Å²) in [4.78, 5) is 101. The predicted molar refractivity (Wildman–Crippen MR) is 445 cm³/mol. The molecule has 4 aliphatic heterocycles. The van der Waals surface area contributed by atoms with Crippen molar-refractivity contribution in [3.63, 3.8) is 0 Å². The number of pyridine rings is 7. The van der Waals surface area contributed by atoms with Gasteiger partial charge in [0.15, 0.2) is 0 Å². The van der Waals surface area contributed by atoms with Gasteiger partial charge in [0.2, 0.25) is 23.5 Å². The van der Waals surface area contributed by atoms with E-state index in [1.54, 1.807) is 49.6 Å². The number of rotatable bonds is 16. The van der Waals surface area contributed by atoms with Crippen molar-refractivity contribution in [1.82, 2.24) is 64.5 Å².